The van der Waals surface area contributed by atoms with Gasteiger partial charge in [-0.3, -0.25) is 9.69 Å². The Bertz CT molecular complexity index is 1170. The first kappa shape index (κ1) is 23.6. The highest BCUT2D eigenvalue weighted by Gasteiger charge is 2.35. The number of methoxy groups -OCH3 is 2. The van der Waals surface area contributed by atoms with Crippen LogP contribution in [0.3, 0.4) is 0 Å². The van der Waals surface area contributed by atoms with E-state index < -0.39 is 17.6 Å². The number of hydrogen-bond acceptors (Lipinski definition) is 4. The van der Waals surface area contributed by atoms with E-state index in [4.69, 9.17) is 9.47 Å². The number of alkyl halides is 3. The molecule has 0 aromatic heterocycles. The van der Waals surface area contributed by atoms with Crippen LogP contribution in [0.2, 0.25) is 0 Å². The van der Waals surface area contributed by atoms with Crippen molar-refractivity contribution in [2.75, 3.05) is 32.6 Å². The molecule has 0 spiro atoms. The van der Waals surface area contributed by atoms with Crippen LogP contribution in [-0.2, 0) is 17.4 Å². The minimum atomic E-state index is -4.56. The van der Waals surface area contributed by atoms with Crippen LogP contribution in [0.25, 0.3) is 0 Å². The minimum Gasteiger partial charge on any atom is -0.493 e. The average molecular weight is 470 g/mol. The lowest BCUT2D eigenvalue weighted by atomic mass is 9.87. The summed E-state index contributed by atoms with van der Waals surface area (Å²) in [6, 6.07) is 18.3. The number of nitrogens with zero attached hydrogens (tertiary/aromatic N) is 1. The molecule has 1 atom stereocenters. The van der Waals surface area contributed by atoms with Gasteiger partial charge in [0.25, 0.3) is 0 Å². The van der Waals surface area contributed by atoms with E-state index in [1.807, 2.05) is 47.4 Å². The van der Waals surface area contributed by atoms with Gasteiger partial charge in [0, 0.05) is 6.54 Å². The summed E-state index contributed by atoms with van der Waals surface area (Å²) in [7, 11) is 3.14. The Balaban J connectivity index is 1.65. The quantitative estimate of drug-likeness (QED) is 0.531. The predicted molar refractivity (Wildman–Crippen MR) is 123 cm³/mol. The SMILES string of the molecule is COc1cc2c(cc1OC)C(c1ccccc1)N(CC(=O)Nc1ccccc1C(F)(F)F)CC2. The summed E-state index contributed by atoms with van der Waals surface area (Å²) in [5.74, 6) is 0.692. The van der Waals surface area contributed by atoms with Gasteiger partial charge in [0.15, 0.2) is 11.5 Å². The lowest BCUT2D eigenvalue weighted by Crippen LogP contribution is -2.41. The number of amides is 1. The van der Waals surface area contributed by atoms with E-state index in [9.17, 15) is 18.0 Å². The van der Waals surface area contributed by atoms with Gasteiger partial charge >= 0.3 is 6.18 Å². The van der Waals surface area contributed by atoms with Gasteiger partial charge in [0.05, 0.1) is 38.1 Å². The highest BCUT2D eigenvalue weighted by molar-refractivity contribution is 5.93. The number of ether oxygens (including phenoxy) is 2. The average Bonchev–Trinajstić information content (AvgIpc) is 2.83. The molecular formula is C26H25F3N2O3. The van der Waals surface area contributed by atoms with Crippen molar-refractivity contribution in [3.05, 3.63) is 89.0 Å². The molecule has 1 heterocycles. The third-order valence-electron chi connectivity index (χ3n) is 5.94. The predicted octanol–water partition coefficient (Wildman–Crippen LogP) is 5.31. The fraction of sp³-hybridized carbons (Fsp3) is 0.269. The van der Waals surface area contributed by atoms with Crippen LogP contribution >= 0.6 is 0 Å². The van der Waals surface area contributed by atoms with Crippen molar-refractivity contribution in [3.8, 4) is 11.5 Å². The first-order chi connectivity index (χ1) is 16.3. The number of benzene rings is 3. The van der Waals surface area contributed by atoms with Crippen molar-refractivity contribution in [3.63, 3.8) is 0 Å². The second-order valence-electron chi connectivity index (χ2n) is 8.03. The molecule has 3 aromatic carbocycles. The molecule has 0 fully saturated rings. The topological polar surface area (TPSA) is 50.8 Å². The number of halogens is 3. The summed E-state index contributed by atoms with van der Waals surface area (Å²) >= 11 is 0. The van der Waals surface area contributed by atoms with E-state index in [0.29, 0.717) is 24.5 Å². The molecule has 1 aliphatic heterocycles. The van der Waals surface area contributed by atoms with Gasteiger partial charge < -0.3 is 14.8 Å². The molecule has 0 bridgehead atoms. The highest BCUT2D eigenvalue weighted by atomic mass is 19.4. The Kier molecular flexibility index (Phi) is 6.79. The second kappa shape index (κ2) is 9.77. The molecular weight excluding hydrogens is 445 g/mol. The molecule has 0 saturated carbocycles. The van der Waals surface area contributed by atoms with Crippen LogP contribution in [0.15, 0.2) is 66.7 Å². The van der Waals surface area contributed by atoms with Crippen molar-refractivity contribution in [1.82, 2.24) is 4.90 Å². The lowest BCUT2D eigenvalue weighted by molar-refractivity contribution is -0.137. The van der Waals surface area contributed by atoms with Crippen LogP contribution in [0, 0.1) is 0 Å². The number of rotatable bonds is 6. The molecule has 3 aromatic rings. The van der Waals surface area contributed by atoms with Crippen molar-refractivity contribution >= 4 is 11.6 Å². The lowest BCUT2D eigenvalue weighted by Gasteiger charge is -2.37. The van der Waals surface area contributed by atoms with Crippen LogP contribution in [0.5, 0.6) is 11.5 Å². The Morgan fingerprint density at radius 1 is 1.00 bits per heavy atom. The van der Waals surface area contributed by atoms with E-state index in [1.54, 1.807) is 14.2 Å². The van der Waals surface area contributed by atoms with Crippen molar-refractivity contribution in [1.29, 1.82) is 0 Å². The van der Waals surface area contributed by atoms with Crippen LogP contribution in [0.4, 0.5) is 18.9 Å². The zero-order chi connectivity index (χ0) is 24.3. The molecule has 1 N–H and O–H groups in total. The third-order valence-corrected chi connectivity index (χ3v) is 5.94. The molecule has 1 unspecified atom stereocenters. The number of fused-ring (bicyclic) bond motifs is 1. The first-order valence-corrected chi connectivity index (χ1v) is 10.8. The standard InChI is InChI=1S/C26H25F3N2O3/c1-33-22-14-18-12-13-31(16-24(32)30-21-11-7-6-10-20(21)26(27,28)29)25(17-8-4-3-5-9-17)19(18)15-23(22)34-2/h3-11,14-15,25H,12-13,16H2,1-2H3,(H,30,32). The highest BCUT2D eigenvalue weighted by Crippen LogP contribution is 2.41. The fourth-order valence-electron chi connectivity index (χ4n) is 4.41. The Hall–Kier alpha value is -3.52. The molecule has 8 heteroatoms. The van der Waals surface area contributed by atoms with Gasteiger partial charge in [-0.25, -0.2) is 0 Å². The molecule has 5 nitrogen and oxygen atoms in total. The fourth-order valence-corrected chi connectivity index (χ4v) is 4.41. The summed E-state index contributed by atoms with van der Waals surface area (Å²) in [5, 5.41) is 2.46. The molecule has 178 valence electrons. The summed E-state index contributed by atoms with van der Waals surface area (Å²) in [5.41, 5.74) is 1.90. The minimum absolute atomic E-state index is 0.0699. The molecule has 1 amide bonds. The third kappa shape index (κ3) is 4.87. The largest absolute Gasteiger partial charge is 0.493 e. The molecule has 0 radical (unpaired) electrons. The van der Waals surface area contributed by atoms with E-state index in [2.05, 4.69) is 5.32 Å². The van der Waals surface area contributed by atoms with Crippen molar-refractivity contribution in [2.45, 2.75) is 18.6 Å². The van der Waals surface area contributed by atoms with E-state index in [-0.39, 0.29) is 18.3 Å². The summed E-state index contributed by atoms with van der Waals surface area (Å²) in [4.78, 5) is 14.9. The van der Waals surface area contributed by atoms with Gasteiger partial charge in [-0.2, -0.15) is 13.2 Å². The van der Waals surface area contributed by atoms with Crippen molar-refractivity contribution < 1.29 is 27.4 Å². The number of carbonyl (C=O) groups excluding carboxylic acids is 1. The maximum Gasteiger partial charge on any atom is 0.418 e. The van der Waals surface area contributed by atoms with Crippen LogP contribution < -0.4 is 14.8 Å². The van der Waals surface area contributed by atoms with Crippen LogP contribution in [0.1, 0.15) is 28.3 Å². The van der Waals surface area contributed by atoms with Crippen LogP contribution in [-0.4, -0.2) is 38.1 Å². The number of para-hydroxylation sites is 1. The number of anilines is 1. The van der Waals surface area contributed by atoms with E-state index in [0.717, 1.165) is 22.8 Å². The van der Waals surface area contributed by atoms with Gasteiger partial charge in [0.1, 0.15) is 0 Å². The molecule has 0 aliphatic carbocycles. The molecule has 34 heavy (non-hydrogen) atoms. The Morgan fingerprint density at radius 2 is 1.65 bits per heavy atom. The normalized spacial score (nSPS) is 16.0. The summed E-state index contributed by atoms with van der Waals surface area (Å²) < 4.78 is 51.0. The number of nitrogens with one attached hydrogen (secondary N) is 1. The van der Waals surface area contributed by atoms with Gasteiger partial charge in [-0.1, -0.05) is 42.5 Å². The molecule has 4 rings (SSSR count). The van der Waals surface area contributed by atoms with E-state index >= 15 is 0 Å². The zero-order valence-corrected chi connectivity index (χ0v) is 18.9. The summed E-state index contributed by atoms with van der Waals surface area (Å²) in [6.07, 6.45) is -3.90. The summed E-state index contributed by atoms with van der Waals surface area (Å²) in [6.45, 7) is 0.482. The molecule has 1 aliphatic rings. The van der Waals surface area contributed by atoms with Gasteiger partial charge in [-0.15, -0.1) is 0 Å². The Labute approximate surface area is 196 Å². The van der Waals surface area contributed by atoms with Gasteiger partial charge in [0.2, 0.25) is 5.91 Å². The monoisotopic (exact) mass is 470 g/mol. The van der Waals surface area contributed by atoms with E-state index in [1.165, 1.54) is 18.2 Å². The number of carbonyl (C=O) groups is 1. The smallest absolute Gasteiger partial charge is 0.418 e. The molecule has 0 saturated heterocycles. The first-order valence-electron chi connectivity index (χ1n) is 10.8. The maximum atomic E-state index is 13.4. The van der Waals surface area contributed by atoms with Crippen molar-refractivity contribution in [2.24, 2.45) is 0 Å². The van der Waals surface area contributed by atoms with Gasteiger partial charge in [-0.05, 0) is 47.4 Å². The second-order valence-corrected chi connectivity index (χ2v) is 8.03. The zero-order valence-electron chi connectivity index (χ0n) is 18.9. The number of hydrogen-bond donors (Lipinski definition) is 1. The Morgan fingerprint density at radius 3 is 2.32 bits per heavy atom. The maximum absolute atomic E-state index is 13.4.